The predicted octanol–water partition coefficient (Wildman–Crippen LogP) is 1.10. The van der Waals surface area contributed by atoms with Crippen molar-refractivity contribution in [3.63, 3.8) is 0 Å². The van der Waals surface area contributed by atoms with Crippen LogP contribution in [0, 0.1) is 6.92 Å². The average molecular weight is 345 g/mol. The minimum absolute atomic E-state index is 0.374. The summed E-state index contributed by atoms with van der Waals surface area (Å²) in [5.74, 6) is -2.98. The van der Waals surface area contributed by atoms with E-state index in [-0.39, 0.29) is 5.57 Å². The number of benzene rings is 1. The van der Waals surface area contributed by atoms with Crippen LogP contribution in [0.15, 0.2) is 23.8 Å². The van der Waals surface area contributed by atoms with E-state index in [0.717, 1.165) is 5.56 Å². The fourth-order valence-corrected chi connectivity index (χ4v) is 3.55. The Morgan fingerprint density at radius 2 is 1.96 bits per heavy atom. The molecule has 1 saturated heterocycles. The van der Waals surface area contributed by atoms with Crippen molar-refractivity contribution in [2.24, 2.45) is 0 Å². The third-order valence-corrected chi connectivity index (χ3v) is 4.82. The van der Waals surface area contributed by atoms with Gasteiger partial charge in [0.2, 0.25) is 0 Å². The lowest BCUT2D eigenvalue weighted by atomic mass is 9.64. The quantitative estimate of drug-likeness (QED) is 0.707. The monoisotopic (exact) mass is 345 g/mol. The van der Waals surface area contributed by atoms with Gasteiger partial charge in [-0.05, 0) is 31.4 Å². The van der Waals surface area contributed by atoms with Gasteiger partial charge < -0.3 is 20.3 Å². The van der Waals surface area contributed by atoms with Crippen LogP contribution in [0.4, 0.5) is 0 Å². The Kier molecular flexibility index (Phi) is 4.34. The molecule has 1 amide bonds. The van der Waals surface area contributed by atoms with E-state index in [1.165, 1.54) is 0 Å². The summed E-state index contributed by atoms with van der Waals surface area (Å²) in [6, 6.07) is 5.42. The van der Waals surface area contributed by atoms with E-state index in [2.05, 4.69) is 5.32 Å². The highest BCUT2D eigenvalue weighted by molar-refractivity contribution is 6.28. The molecule has 1 heterocycles. The summed E-state index contributed by atoms with van der Waals surface area (Å²) < 4.78 is 5.38. The largest absolute Gasteiger partial charge is 0.506 e. The average Bonchev–Trinajstić information content (AvgIpc) is 2.59. The highest BCUT2D eigenvalue weighted by Gasteiger charge is 2.50. The van der Waals surface area contributed by atoms with E-state index >= 15 is 0 Å². The standard InChI is InChI=1S/C18H19NO6/c1-10-2-3-12-11(8-10)15(22)14(17(24)19-9-13(20)21)16(23)18(12)4-6-25-7-5-18/h2-3,8,22H,4-7,9H2,1H3,(H,19,24)(H,20,21). The van der Waals surface area contributed by atoms with Gasteiger partial charge in [-0.2, -0.15) is 0 Å². The van der Waals surface area contributed by atoms with Gasteiger partial charge in [0.15, 0.2) is 5.78 Å². The van der Waals surface area contributed by atoms with Crippen LogP contribution in [0.3, 0.4) is 0 Å². The number of Topliss-reactive ketones (excluding diaryl/α,β-unsaturated/α-hetero) is 1. The van der Waals surface area contributed by atoms with Gasteiger partial charge in [0.05, 0.1) is 5.41 Å². The molecule has 1 aromatic rings. The first kappa shape index (κ1) is 17.2. The van der Waals surface area contributed by atoms with Crippen LogP contribution in [0.25, 0.3) is 5.76 Å². The molecule has 1 aromatic carbocycles. The number of aryl methyl sites for hydroxylation is 1. The molecule has 1 fully saturated rings. The summed E-state index contributed by atoms with van der Waals surface area (Å²) in [6.07, 6.45) is 0.815. The van der Waals surface area contributed by atoms with Crippen molar-refractivity contribution in [3.8, 4) is 0 Å². The fourth-order valence-electron chi connectivity index (χ4n) is 3.55. The molecule has 0 aromatic heterocycles. The first-order valence-corrected chi connectivity index (χ1v) is 8.04. The summed E-state index contributed by atoms with van der Waals surface area (Å²) in [6.45, 7) is 1.98. The molecule has 7 nitrogen and oxygen atoms in total. The molecule has 7 heteroatoms. The topological polar surface area (TPSA) is 113 Å². The lowest BCUT2D eigenvalue weighted by Gasteiger charge is -2.40. The third kappa shape index (κ3) is 2.80. The second-order valence-corrected chi connectivity index (χ2v) is 6.37. The maximum Gasteiger partial charge on any atom is 0.322 e. The summed E-state index contributed by atoms with van der Waals surface area (Å²) in [5.41, 5.74) is 0.720. The van der Waals surface area contributed by atoms with Crippen LogP contribution in [-0.4, -0.2) is 47.6 Å². The van der Waals surface area contributed by atoms with Crippen LogP contribution < -0.4 is 5.32 Å². The van der Waals surface area contributed by atoms with Crippen LogP contribution in [-0.2, 0) is 24.5 Å². The molecular formula is C18H19NO6. The number of aliphatic hydroxyl groups is 1. The van der Waals surface area contributed by atoms with Crippen molar-refractivity contribution in [1.82, 2.24) is 5.32 Å². The van der Waals surface area contributed by atoms with E-state index in [1.54, 1.807) is 6.07 Å². The zero-order valence-electron chi connectivity index (χ0n) is 13.8. The van der Waals surface area contributed by atoms with Gasteiger partial charge in [0, 0.05) is 18.8 Å². The summed E-state index contributed by atoms with van der Waals surface area (Å²) in [4.78, 5) is 36.3. The van der Waals surface area contributed by atoms with E-state index in [9.17, 15) is 19.5 Å². The first-order valence-electron chi connectivity index (χ1n) is 8.04. The zero-order chi connectivity index (χ0) is 18.2. The number of amides is 1. The van der Waals surface area contributed by atoms with Crippen molar-refractivity contribution in [2.75, 3.05) is 19.8 Å². The fraction of sp³-hybridized carbons (Fsp3) is 0.389. The van der Waals surface area contributed by atoms with E-state index in [4.69, 9.17) is 9.84 Å². The molecule has 3 N–H and O–H groups in total. The second kappa shape index (κ2) is 6.33. The number of carbonyl (C=O) groups excluding carboxylic acids is 2. The maximum absolute atomic E-state index is 13.2. The van der Waals surface area contributed by atoms with Gasteiger partial charge in [0.1, 0.15) is 17.9 Å². The van der Waals surface area contributed by atoms with Crippen molar-refractivity contribution in [1.29, 1.82) is 0 Å². The molecule has 0 unspecified atom stereocenters. The lowest BCUT2D eigenvalue weighted by Crippen LogP contribution is -2.48. The van der Waals surface area contributed by atoms with Gasteiger partial charge in [-0.3, -0.25) is 14.4 Å². The Hall–Kier alpha value is -2.67. The molecule has 0 atom stereocenters. The number of carboxylic acid groups (broad SMARTS) is 1. The molecule has 0 saturated carbocycles. The number of rotatable bonds is 3. The highest BCUT2D eigenvalue weighted by atomic mass is 16.5. The number of hydrogen-bond acceptors (Lipinski definition) is 5. The van der Waals surface area contributed by atoms with Crippen molar-refractivity contribution in [2.45, 2.75) is 25.2 Å². The molecule has 0 bridgehead atoms. The number of carbonyl (C=O) groups is 3. The number of fused-ring (bicyclic) bond motifs is 2. The van der Waals surface area contributed by atoms with Crippen LogP contribution in [0.2, 0.25) is 0 Å². The Morgan fingerprint density at radius 3 is 2.60 bits per heavy atom. The minimum atomic E-state index is -1.23. The van der Waals surface area contributed by atoms with E-state index < -0.39 is 35.4 Å². The summed E-state index contributed by atoms with van der Waals surface area (Å²) >= 11 is 0. The number of ketones is 1. The van der Waals surface area contributed by atoms with E-state index in [0.29, 0.717) is 37.2 Å². The van der Waals surface area contributed by atoms with Crippen molar-refractivity contribution in [3.05, 3.63) is 40.5 Å². The zero-order valence-corrected chi connectivity index (χ0v) is 13.8. The number of nitrogens with one attached hydrogen (secondary N) is 1. The maximum atomic E-state index is 13.2. The Bertz CT molecular complexity index is 789. The summed E-state index contributed by atoms with van der Waals surface area (Å²) in [5, 5.41) is 21.5. The van der Waals surface area contributed by atoms with Gasteiger partial charge in [0.25, 0.3) is 5.91 Å². The molecule has 132 valence electrons. The van der Waals surface area contributed by atoms with Gasteiger partial charge in [-0.1, -0.05) is 17.7 Å². The molecule has 2 aliphatic rings. The predicted molar refractivity (Wildman–Crippen MR) is 88.1 cm³/mol. The van der Waals surface area contributed by atoms with Gasteiger partial charge in [-0.25, -0.2) is 0 Å². The van der Waals surface area contributed by atoms with Crippen molar-refractivity contribution < 1.29 is 29.3 Å². The third-order valence-electron chi connectivity index (χ3n) is 4.82. The van der Waals surface area contributed by atoms with Gasteiger partial charge >= 0.3 is 5.97 Å². The van der Waals surface area contributed by atoms with Crippen molar-refractivity contribution >= 4 is 23.4 Å². The lowest BCUT2D eigenvalue weighted by molar-refractivity contribution is -0.138. The Morgan fingerprint density at radius 1 is 1.28 bits per heavy atom. The smallest absolute Gasteiger partial charge is 0.322 e. The Labute approximate surface area is 144 Å². The molecule has 0 radical (unpaired) electrons. The molecule has 3 rings (SSSR count). The minimum Gasteiger partial charge on any atom is -0.506 e. The second-order valence-electron chi connectivity index (χ2n) is 6.37. The highest BCUT2D eigenvalue weighted by Crippen LogP contribution is 2.45. The number of aliphatic hydroxyl groups excluding tert-OH is 1. The molecule has 1 aliphatic heterocycles. The number of carboxylic acids is 1. The summed E-state index contributed by atoms with van der Waals surface area (Å²) in [7, 11) is 0. The van der Waals surface area contributed by atoms with Crippen LogP contribution in [0.1, 0.15) is 29.5 Å². The Balaban J connectivity index is 2.14. The van der Waals surface area contributed by atoms with Crippen LogP contribution >= 0.6 is 0 Å². The molecular weight excluding hydrogens is 326 g/mol. The van der Waals surface area contributed by atoms with Gasteiger partial charge in [-0.15, -0.1) is 0 Å². The SMILES string of the molecule is Cc1ccc2c(c1)C(O)=C(C(=O)NCC(=O)O)C(=O)C21CCOCC1. The molecule has 1 aliphatic carbocycles. The number of hydrogen-bond donors (Lipinski definition) is 3. The van der Waals surface area contributed by atoms with E-state index in [1.807, 2.05) is 19.1 Å². The number of ether oxygens (including phenoxy) is 1. The molecule has 25 heavy (non-hydrogen) atoms. The number of aliphatic carboxylic acids is 1. The van der Waals surface area contributed by atoms with Crippen LogP contribution in [0.5, 0.6) is 0 Å². The molecule has 1 spiro atoms. The normalized spacial score (nSPS) is 18.8. The first-order chi connectivity index (χ1) is 11.9.